The molecule has 2 saturated heterocycles. The Kier molecular flexibility index (Phi) is 3.21. The van der Waals surface area contributed by atoms with Crippen molar-refractivity contribution in [2.75, 3.05) is 19.8 Å². The van der Waals surface area contributed by atoms with Crippen LogP contribution in [0.3, 0.4) is 0 Å². The maximum Gasteiger partial charge on any atom is 0.344 e. The van der Waals surface area contributed by atoms with Crippen LogP contribution in [0.25, 0.3) is 0 Å². The molecule has 1 aromatic rings. The summed E-state index contributed by atoms with van der Waals surface area (Å²) in [6.07, 6.45) is 0.760. The molecule has 4 rings (SSSR count). The number of hydroxylamine groups is 2. The molecule has 7 heteroatoms. The molecule has 2 fully saturated rings. The van der Waals surface area contributed by atoms with Crippen LogP contribution in [-0.4, -0.2) is 48.8 Å². The lowest BCUT2D eigenvalue weighted by atomic mass is 9.79. The van der Waals surface area contributed by atoms with Gasteiger partial charge in [-0.25, -0.2) is 4.79 Å². The first-order valence-electron chi connectivity index (χ1n) is 7.53. The molecule has 0 N–H and O–H groups in total. The number of carbonyl (C=O) groups excluding carboxylic acids is 3. The topological polar surface area (TPSA) is 82.1 Å². The van der Waals surface area contributed by atoms with Crippen LogP contribution in [-0.2, 0) is 19.1 Å². The van der Waals surface area contributed by atoms with E-state index in [9.17, 15) is 14.4 Å². The van der Waals surface area contributed by atoms with E-state index in [2.05, 4.69) is 0 Å². The molecule has 1 aromatic carbocycles. The molecule has 0 spiro atoms. The third kappa shape index (κ3) is 2.00. The molecule has 0 saturated carbocycles. The molecule has 120 valence electrons. The van der Waals surface area contributed by atoms with E-state index in [-0.39, 0.29) is 23.8 Å². The van der Waals surface area contributed by atoms with Crippen LogP contribution in [0.1, 0.15) is 33.6 Å². The van der Waals surface area contributed by atoms with Gasteiger partial charge in [0.05, 0.1) is 23.8 Å². The average molecular weight is 317 g/mol. The Morgan fingerprint density at radius 2 is 1.87 bits per heavy atom. The molecule has 3 heterocycles. The second-order valence-corrected chi connectivity index (χ2v) is 5.94. The lowest BCUT2D eigenvalue weighted by Crippen LogP contribution is -2.50. The Morgan fingerprint density at radius 1 is 1.17 bits per heavy atom. The Labute approximate surface area is 132 Å². The molecule has 2 amide bonds. The molecule has 0 aromatic heterocycles. The standard InChI is InChI=1S/C16H15NO6/c18-13-10-3-1-2-4-11(10)14(19)17(13)23-15(20)16-6-8-22-12(16)5-7-21-9-16/h1-4,12H,5-9H2. The highest BCUT2D eigenvalue weighted by molar-refractivity contribution is 6.20. The van der Waals surface area contributed by atoms with Crippen LogP contribution in [0, 0.1) is 5.41 Å². The van der Waals surface area contributed by atoms with Crippen LogP contribution in [0.2, 0.25) is 0 Å². The van der Waals surface area contributed by atoms with Crippen LogP contribution < -0.4 is 0 Å². The zero-order valence-electron chi connectivity index (χ0n) is 12.3. The van der Waals surface area contributed by atoms with Crippen molar-refractivity contribution in [2.45, 2.75) is 18.9 Å². The first kappa shape index (κ1) is 14.3. The van der Waals surface area contributed by atoms with Crippen molar-refractivity contribution in [1.82, 2.24) is 5.06 Å². The second kappa shape index (κ2) is 5.14. The molecule has 0 bridgehead atoms. The summed E-state index contributed by atoms with van der Waals surface area (Å²) >= 11 is 0. The summed E-state index contributed by atoms with van der Waals surface area (Å²) < 4.78 is 11.0. The predicted molar refractivity (Wildman–Crippen MR) is 75.3 cm³/mol. The van der Waals surface area contributed by atoms with Gasteiger partial charge < -0.3 is 14.3 Å². The minimum absolute atomic E-state index is 0.180. The van der Waals surface area contributed by atoms with Crippen molar-refractivity contribution in [3.63, 3.8) is 0 Å². The number of amides is 2. The number of imide groups is 1. The highest BCUT2D eigenvalue weighted by Crippen LogP contribution is 2.41. The lowest BCUT2D eigenvalue weighted by Gasteiger charge is -2.35. The zero-order chi connectivity index (χ0) is 16.0. The molecule has 0 radical (unpaired) electrons. The highest BCUT2D eigenvalue weighted by Gasteiger charge is 2.55. The fraction of sp³-hybridized carbons (Fsp3) is 0.438. The number of hydrogen-bond donors (Lipinski definition) is 0. The van der Waals surface area contributed by atoms with E-state index in [1.165, 1.54) is 12.1 Å². The van der Waals surface area contributed by atoms with Gasteiger partial charge in [0, 0.05) is 13.2 Å². The van der Waals surface area contributed by atoms with Crippen molar-refractivity contribution in [2.24, 2.45) is 5.41 Å². The number of benzene rings is 1. The van der Waals surface area contributed by atoms with Crippen molar-refractivity contribution in [1.29, 1.82) is 0 Å². The van der Waals surface area contributed by atoms with E-state index in [1.54, 1.807) is 12.1 Å². The van der Waals surface area contributed by atoms with E-state index >= 15 is 0 Å². The normalized spacial score (nSPS) is 29.4. The first-order valence-corrected chi connectivity index (χ1v) is 7.53. The van der Waals surface area contributed by atoms with E-state index < -0.39 is 23.2 Å². The van der Waals surface area contributed by atoms with E-state index in [4.69, 9.17) is 14.3 Å². The van der Waals surface area contributed by atoms with E-state index in [1.807, 2.05) is 0 Å². The van der Waals surface area contributed by atoms with E-state index in [0.29, 0.717) is 31.1 Å². The van der Waals surface area contributed by atoms with Gasteiger partial charge in [-0.2, -0.15) is 0 Å². The van der Waals surface area contributed by atoms with Gasteiger partial charge >= 0.3 is 5.97 Å². The summed E-state index contributed by atoms with van der Waals surface area (Å²) in [7, 11) is 0. The number of hydrogen-bond acceptors (Lipinski definition) is 6. The van der Waals surface area contributed by atoms with E-state index in [0.717, 1.165) is 0 Å². The molecule has 3 aliphatic rings. The summed E-state index contributed by atoms with van der Waals surface area (Å²) in [5.41, 5.74) is -0.461. The third-order valence-corrected chi connectivity index (χ3v) is 4.71. The van der Waals surface area contributed by atoms with Gasteiger partial charge in [-0.1, -0.05) is 17.2 Å². The number of nitrogens with zero attached hydrogens (tertiary/aromatic N) is 1. The van der Waals surface area contributed by atoms with Crippen molar-refractivity contribution < 1.29 is 28.7 Å². The average Bonchev–Trinajstić information content (AvgIpc) is 3.12. The predicted octanol–water partition coefficient (Wildman–Crippen LogP) is 0.936. The summed E-state index contributed by atoms with van der Waals surface area (Å²) in [5.74, 6) is -1.89. The molecule has 7 nitrogen and oxygen atoms in total. The SMILES string of the molecule is O=C1c2ccccc2C(=O)N1OC(=O)C12CCOC1CCOC2. The van der Waals surface area contributed by atoms with Crippen LogP contribution in [0.4, 0.5) is 0 Å². The van der Waals surface area contributed by atoms with Gasteiger partial charge in [0.15, 0.2) is 0 Å². The molecular formula is C16H15NO6. The smallest absolute Gasteiger partial charge is 0.344 e. The Morgan fingerprint density at radius 3 is 2.57 bits per heavy atom. The molecular weight excluding hydrogens is 302 g/mol. The highest BCUT2D eigenvalue weighted by atomic mass is 16.7. The summed E-state index contributed by atoms with van der Waals surface area (Å²) in [6.45, 7) is 1.14. The minimum atomic E-state index is -0.937. The minimum Gasteiger partial charge on any atom is -0.380 e. The monoisotopic (exact) mass is 317 g/mol. The molecule has 2 unspecified atom stereocenters. The summed E-state index contributed by atoms with van der Waals surface area (Å²) in [6, 6.07) is 6.38. The molecule has 0 aliphatic carbocycles. The largest absolute Gasteiger partial charge is 0.380 e. The third-order valence-electron chi connectivity index (χ3n) is 4.71. The fourth-order valence-electron chi connectivity index (χ4n) is 3.39. The number of ether oxygens (including phenoxy) is 2. The van der Waals surface area contributed by atoms with Gasteiger partial charge in [-0.05, 0) is 25.0 Å². The van der Waals surface area contributed by atoms with Crippen LogP contribution in [0.5, 0.6) is 0 Å². The molecule has 3 aliphatic heterocycles. The molecule has 2 atom stereocenters. The number of carbonyl (C=O) groups is 3. The number of fused-ring (bicyclic) bond motifs is 2. The Bertz CT molecular complexity index is 667. The Balaban J connectivity index is 1.58. The van der Waals surface area contributed by atoms with Gasteiger partial charge in [-0.3, -0.25) is 9.59 Å². The first-order chi connectivity index (χ1) is 11.1. The van der Waals surface area contributed by atoms with Crippen LogP contribution in [0.15, 0.2) is 24.3 Å². The lowest BCUT2D eigenvalue weighted by molar-refractivity contribution is -0.194. The zero-order valence-corrected chi connectivity index (χ0v) is 12.3. The van der Waals surface area contributed by atoms with Crippen molar-refractivity contribution in [3.8, 4) is 0 Å². The summed E-state index contributed by atoms with van der Waals surface area (Å²) in [4.78, 5) is 42.4. The maximum atomic E-state index is 12.7. The number of rotatable bonds is 2. The van der Waals surface area contributed by atoms with Crippen molar-refractivity contribution >= 4 is 17.8 Å². The van der Waals surface area contributed by atoms with Gasteiger partial charge in [0.25, 0.3) is 11.8 Å². The summed E-state index contributed by atoms with van der Waals surface area (Å²) in [5, 5.41) is 0.547. The Hall–Kier alpha value is -2.25. The quantitative estimate of drug-likeness (QED) is 0.755. The second-order valence-electron chi connectivity index (χ2n) is 5.94. The maximum absolute atomic E-state index is 12.7. The van der Waals surface area contributed by atoms with Gasteiger partial charge in [-0.15, -0.1) is 0 Å². The van der Waals surface area contributed by atoms with Gasteiger partial charge in [0.1, 0.15) is 5.41 Å². The van der Waals surface area contributed by atoms with Crippen molar-refractivity contribution in [3.05, 3.63) is 35.4 Å². The van der Waals surface area contributed by atoms with Gasteiger partial charge in [0.2, 0.25) is 0 Å². The molecule has 23 heavy (non-hydrogen) atoms. The fourth-order valence-corrected chi connectivity index (χ4v) is 3.39. The van der Waals surface area contributed by atoms with Crippen LogP contribution >= 0.6 is 0 Å².